The summed E-state index contributed by atoms with van der Waals surface area (Å²) >= 11 is 0. The summed E-state index contributed by atoms with van der Waals surface area (Å²) in [7, 11) is 0. The maximum atomic E-state index is 11.3. The molecule has 0 aromatic carbocycles. The van der Waals surface area contributed by atoms with E-state index in [2.05, 4.69) is 24.1 Å². The zero-order chi connectivity index (χ0) is 12.4. The summed E-state index contributed by atoms with van der Waals surface area (Å²) in [5, 5.41) is 2.83. The Morgan fingerprint density at radius 3 is 2.31 bits per heavy atom. The molecule has 0 fully saturated rings. The Kier molecular flexibility index (Phi) is 8.81. The molecule has 0 unspecified atom stereocenters. The third kappa shape index (κ3) is 8.41. The molecule has 4 nitrogen and oxygen atoms in total. The van der Waals surface area contributed by atoms with Crippen LogP contribution in [-0.4, -0.2) is 42.8 Å². The van der Waals surface area contributed by atoms with E-state index in [1.54, 1.807) is 0 Å². The second-order valence-electron chi connectivity index (χ2n) is 3.99. The Hall–Kier alpha value is -0.900. The van der Waals surface area contributed by atoms with Gasteiger partial charge in [0, 0.05) is 25.9 Å². The molecule has 0 saturated carbocycles. The number of rotatable bonds is 9. The van der Waals surface area contributed by atoms with E-state index in [0.29, 0.717) is 19.4 Å². The molecule has 0 atom stereocenters. The number of Topliss-reactive ketones (excluding diaryl/α,β-unsaturated/α-hetero) is 1. The molecule has 0 bridgehead atoms. The van der Waals surface area contributed by atoms with Gasteiger partial charge in [-0.15, -0.1) is 0 Å². The summed E-state index contributed by atoms with van der Waals surface area (Å²) < 4.78 is 0. The summed E-state index contributed by atoms with van der Waals surface area (Å²) in [5.41, 5.74) is 0. The fourth-order valence-electron chi connectivity index (χ4n) is 1.48. The molecular weight excluding hydrogens is 204 g/mol. The Labute approximate surface area is 98.4 Å². The van der Waals surface area contributed by atoms with Gasteiger partial charge in [0.05, 0.1) is 0 Å². The van der Waals surface area contributed by atoms with Gasteiger partial charge >= 0.3 is 0 Å². The van der Waals surface area contributed by atoms with E-state index in [9.17, 15) is 9.59 Å². The zero-order valence-electron chi connectivity index (χ0n) is 10.7. The van der Waals surface area contributed by atoms with Crippen LogP contribution < -0.4 is 5.32 Å². The van der Waals surface area contributed by atoms with Crippen molar-refractivity contribution in [2.45, 2.75) is 40.0 Å². The number of likely N-dealkylation sites (N-methyl/N-ethyl adjacent to an activating group) is 1. The van der Waals surface area contributed by atoms with Gasteiger partial charge in [0.1, 0.15) is 5.78 Å². The Morgan fingerprint density at radius 1 is 1.12 bits per heavy atom. The Bertz CT molecular complexity index is 217. The van der Waals surface area contributed by atoms with E-state index in [1.807, 2.05) is 0 Å². The van der Waals surface area contributed by atoms with Crippen molar-refractivity contribution >= 4 is 11.7 Å². The first-order chi connectivity index (χ1) is 7.60. The van der Waals surface area contributed by atoms with Gasteiger partial charge in [-0.3, -0.25) is 4.79 Å². The maximum absolute atomic E-state index is 11.3. The molecule has 0 saturated heterocycles. The number of nitrogens with zero attached hydrogens (tertiary/aromatic N) is 1. The Morgan fingerprint density at radius 2 is 1.81 bits per heavy atom. The molecule has 16 heavy (non-hydrogen) atoms. The van der Waals surface area contributed by atoms with Crippen LogP contribution in [0.15, 0.2) is 0 Å². The van der Waals surface area contributed by atoms with E-state index >= 15 is 0 Å². The summed E-state index contributed by atoms with van der Waals surface area (Å²) in [5.74, 6) is 0.0408. The highest BCUT2D eigenvalue weighted by Gasteiger charge is 2.04. The highest BCUT2D eigenvalue weighted by Crippen LogP contribution is 1.91. The van der Waals surface area contributed by atoms with Gasteiger partial charge in [-0.2, -0.15) is 0 Å². The lowest BCUT2D eigenvalue weighted by Crippen LogP contribution is -2.35. The maximum Gasteiger partial charge on any atom is 0.220 e. The van der Waals surface area contributed by atoms with Gasteiger partial charge < -0.3 is 15.0 Å². The largest absolute Gasteiger partial charge is 0.355 e. The number of hydrogen-bond acceptors (Lipinski definition) is 3. The Balaban J connectivity index is 3.55. The monoisotopic (exact) mass is 228 g/mol. The van der Waals surface area contributed by atoms with Crippen LogP contribution in [0.1, 0.15) is 40.0 Å². The first kappa shape index (κ1) is 15.1. The van der Waals surface area contributed by atoms with Crippen LogP contribution in [0.4, 0.5) is 0 Å². The average Bonchev–Trinajstić information content (AvgIpc) is 2.25. The second-order valence-corrected chi connectivity index (χ2v) is 3.99. The van der Waals surface area contributed by atoms with Crippen molar-refractivity contribution in [3.63, 3.8) is 0 Å². The van der Waals surface area contributed by atoms with Crippen molar-refractivity contribution in [3.05, 3.63) is 0 Å². The first-order valence-electron chi connectivity index (χ1n) is 6.08. The fraction of sp³-hybridized carbons (Fsp3) is 0.833. The molecule has 0 aromatic rings. The van der Waals surface area contributed by atoms with Gasteiger partial charge in [0.15, 0.2) is 0 Å². The fourth-order valence-corrected chi connectivity index (χ4v) is 1.48. The second kappa shape index (κ2) is 9.33. The molecule has 0 aromatic heterocycles. The molecule has 0 aliphatic rings. The van der Waals surface area contributed by atoms with Gasteiger partial charge in [0.2, 0.25) is 5.91 Å². The summed E-state index contributed by atoms with van der Waals surface area (Å²) in [6.45, 7) is 9.41. The highest BCUT2D eigenvalue weighted by molar-refractivity contribution is 5.83. The smallest absolute Gasteiger partial charge is 0.220 e. The van der Waals surface area contributed by atoms with Crippen LogP contribution in [0.25, 0.3) is 0 Å². The number of hydrogen-bond donors (Lipinski definition) is 1. The van der Waals surface area contributed by atoms with Crippen molar-refractivity contribution in [2.24, 2.45) is 0 Å². The van der Waals surface area contributed by atoms with Crippen molar-refractivity contribution in [2.75, 3.05) is 26.2 Å². The average molecular weight is 228 g/mol. The quantitative estimate of drug-likeness (QED) is 0.645. The molecule has 0 rings (SSSR count). The van der Waals surface area contributed by atoms with E-state index in [-0.39, 0.29) is 11.7 Å². The van der Waals surface area contributed by atoms with Crippen LogP contribution in [0, 0.1) is 0 Å². The minimum atomic E-state index is -0.0252. The lowest BCUT2D eigenvalue weighted by Gasteiger charge is -2.19. The van der Waals surface area contributed by atoms with Crippen molar-refractivity contribution in [1.29, 1.82) is 0 Å². The van der Waals surface area contributed by atoms with Crippen molar-refractivity contribution in [3.8, 4) is 0 Å². The van der Waals surface area contributed by atoms with Crippen LogP contribution in [0.2, 0.25) is 0 Å². The lowest BCUT2D eigenvalue weighted by molar-refractivity contribution is -0.124. The first-order valence-corrected chi connectivity index (χ1v) is 6.08. The lowest BCUT2D eigenvalue weighted by atomic mass is 10.2. The molecule has 0 aliphatic carbocycles. The normalized spacial score (nSPS) is 10.5. The predicted octanol–water partition coefficient (Wildman–Crippen LogP) is 1.20. The third-order valence-electron chi connectivity index (χ3n) is 2.44. The van der Waals surface area contributed by atoms with E-state index < -0.39 is 0 Å². The van der Waals surface area contributed by atoms with E-state index in [0.717, 1.165) is 26.1 Å². The highest BCUT2D eigenvalue weighted by atomic mass is 16.2. The van der Waals surface area contributed by atoms with Crippen LogP contribution in [0.3, 0.4) is 0 Å². The minimum absolute atomic E-state index is 0.0252. The van der Waals surface area contributed by atoms with E-state index in [4.69, 9.17) is 0 Å². The van der Waals surface area contributed by atoms with E-state index in [1.165, 1.54) is 6.92 Å². The van der Waals surface area contributed by atoms with Crippen LogP contribution in [-0.2, 0) is 9.59 Å². The van der Waals surface area contributed by atoms with Crippen molar-refractivity contribution in [1.82, 2.24) is 10.2 Å². The standard InChI is InChI=1S/C12H24N2O2/c1-4-9-14(5-2)10-8-13-12(16)7-6-11(3)15/h4-10H2,1-3H3,(H,13,16). The summed E-state index contributed by atoms with van der Waals surface area (Å²) in [6, 6.07) is 0. The number of carbonyl (C=O) groups is 2. The van der Waals surface area contributed by atoms with Gasteiger partial charge in [0.25, 0.3) is 0 Å². The van der Waals surface area contributed by atoms with Gasteiger partial charge in [-0.05, 0) is 26.4 Å². The number of carbonyl (C=O) groups excluding carboxylic acids is 2. The van der Waals surface area contributed by atoms with Crippen molar-refractivity contribution < 1.29 is 9.59 Å². The molecule has 94 valence electrons. The van der Waals surface area contributed by atoms with Crippen LogP contribution >= 0.6 is 0 Å². The van der Waals surface area contributed by atoms with Gasteiger partial charge in [-0.25, -0.2) is 0 Å². The zero-order valence-corrected chi connectivity index (χ0v) is 10.7. The molecule has 0 spiro atoms. The molecule has 1 N–H and O–H groups in total. The third-order valence-corrected chi connectivity index (χ3v) is 2.44. The molecule has 1 amide bonds. The number of ketones is 1. The summed E-state index contributed by atoms with van der Waals surface area (Å²) in [4.78, 5) is 24.3. The number of amides is 1. The minimum Gasteiger partial charge on any atom is -0.355 e. The molecular formula is C12H24N2O2. The molecule has 4 heteroatoms. The molecule has 0 heterocycles. The molecule has 0 aliphatic heterocycles. The SMILES string of the molecule is CCCN(CC)CCNC(=O)CCC(C)=O. The number of nitrogens with one attached hydrogen (secondary N) is 1. The summed E-state index contributed by atoms with van der Waals surface area (Å²) in [6.07, 6.45) is 1.79. The van der Waals surface area contributed by atoms with Gasteiger partial charge in [-0.1, -0.05) is 13.8 Å². The molecule has 0 radical (unpaired) electrons. The predicted molar refractivity (Wildman–Crippen MR) is 65.3 cm³/mol. The topological polar surface area (TPSA) is 49.4 Å². The van der Waals surface area contributed by atoms with Crippen LogP contribution in [0.5, 0.6) is 0 Å².